The summed E-state index contributed by atoms with van der Waals surface area (Å²) in [6.45, 7) is 35.0. The van der Waals surface area contributed by atoms with Crippen molar-refractivity contribution in [1.29, 1.82) is 0 Å². The number of ether oxygens (including phenoxy) is 3. The van der Waals surface area contributed by atoms with Gasteiger partial charge >= 0.3 is 55.0 Å². The molecule has 3 atom stereocenters. The zero-order chi connectivity index (χ0) is 77.0. The van der Waals surface area contributed by atoms with Gasteiger partial charge in [0.25, 0.3) is 0 Å². The molecule has 8 heterocycles. The predicted molar refractivity (Wildman–Crippen MR) is 400 cm³/mol. The van der Waals surface area contributed by atoms with Crippen LogP contribution < -0.4 is 0 Å². The first-order valence-electron chi connectivity index (χ1n) is 32.6. The molecule has 0 N–H and O–H groups in total. The third-order valence-corrected chi connectivity index (χ3v) is 19.3. The van der Waals surface area contributed by atoms with Crippen molar-refractivity contribution in [2.75, 3.05) is 26.7 Å². The Balaban J connectivity index is 0.000000287. The summed E-state index contributed by atoms with van der Waals surface area (Å²) in [5, 5.41) is -0.355. The van der Waals surface area contributed by atoms with Crippen molar-refractivity contribution < 1.29 is 91.1 Å². The lowest BCUT2D eigenvalue weighted by Gasteiger charge is -2.32. The molecule has 582 valence electrons. The molecule has 11 rings (SSSR count). The molecular formula is C72H98B3Cl3F5N7O15S. The first kappa shape index (κ1) is 91.5. The highest BCUT2D eigenvalue weighted by Crippen LogP contribution is 2.45. The summed E-state index contributed by atoms with van der Waals surface area (Å²) >= 11 is 16.2. The van der Waals surface area contributed by atoms with Gasteiger partial charge in [-0.05, 0) is 182 Å². The minimum absolute atomic E-state index is 0. The number of alkyl halides is 3. The molecule has 5 aromatic rings. The minimum Gasteiger partial charge on any atom is -0.453 e. The van der Waals surface area contributed by atoms with Gasteiger partial charge in [-0.25, -0.2) is 43.1 Å². The maximum Gasteiger partial charge on any atom is 0.534 e. The number of aromatic nitrogens is 4. The van der Waals surface area contributed by atoms with E-state index in [1.165, 1.54) is 12.0 Å². The standard InChI is InChI=1S/C21H30BNO4.C16H13ClFN3O2.C16H18F3NO5S.C12H24B2O4.C4HCl2FN2.3CH4/c1-19(2,3)25-18(24)23-14-16(13-17(23)15-11-9-8-10-12-15)22-26-20(4,5)21(6,7)27-22;1-23-16(22)21-9-11(14-12(18)8-19-15(17)20-14)7-13(21)10-5-3-2-4-6-10;1-15(2,3)24-14(21)20-10-12(25-26(22,23)16(17,18)19)9-13(20)11-7-5-4-6-8-11;1-9(2)10(3,4)16-13(15-9)14-17-11(5,6)12(7,8)18-14;5-3-2(7)1-8-4(6)9-3;;;/h8-13,17H,14H2,1-7H3;2-8,13H,9H2,1H3;4-9,13H,10H2,1-3H3;1-8H3;1H;3*1H4/t17-;2*13-;;;;;/m000...../s1. The van der Waals surface area contributed by atoms with Crippen molar-refractivity contribution in [1.82, 2.24) is 34.6 Å². The molecule has 0 unspecified atom stereocenters. The molecule has 6 aliphatic heterocycles. The van der Waals surface area contributed by atoms with Gasteiger partial charge in [0.1, 0.15) is 22.7 Å². The quantitative estimate of drug-likeness (QED) is 0.0267. The Morgan fingerprint density at radius 2 is 0.858 bits per heavy atom. The highest BCUT2D eigenvalue weighted by Gasteiger charge is 2.64. The van der Waals surface area contributed by atoms with Crippen LogP contribution in [0.15, 0.2) is 133 Å². The van der Waals surface area contributed by atoms with Crippen LogP contribution in [0.1, 0.15) is 187 Å². The topological polar surface area (TPSA) is 239 Å². The van der Waals surface area contributed by atoms with Crippen LogP contribution in [0.2, 0.25) is 15.7 Å². The van der Waals surface area contributed by atoms with Crippen LogP contribution in [0.25, 0.3) is 5.57 Å². The molecule has 0 saturated carbocycles. The molecule has 0 spiro atoms. The van der Waals surface area contributed by atoms with Crippen LogP contribution in [-0.2, 0) is 56.4 Å². The molecule has 0 radical (unpaired) electrons. The van der Waals surface area contributed by atoms with Gasteiger partial charge in [-0.2, -0.15) is 21.6 Å². The summed E-state index contributed by atoms with van der Waals surface area (Å²) in [6.07, 6.45) is 5.31. The summed E-state index contributed by atoms with van der Waals surface area (Å²) < 4.78 is 142. The van der Waals surface area contributed by atoms with Gasteiger partial charge in [-0.3, -0.25) is 14.7 Å². The average Bonchev–Trinajstić information content (AvgIpc) is 1.60. The molecule has 3 fully saturated rings. The number of benzene rings is 3. The maximum atomic E-state index is 14.0. The predicted octanol–water partition coefficient (Wildman–Crippen LogP) is 17.8. The molecule has 0 aliphatic carbocycles. The summed E-state index contributed by atoms with van der Waals surface area (Å²) in [4.78, 5) is 55.8. The molecule has 6 aliphatic rings. The average molecular weight is 1570 g/mol. The molecule has 3 saturated heterocycles. The van der Waals surface area contributed by atoms with Crippen LogP contribution in [-0.4, -0.2) is 160 Å². The van der Waals surface area contributed by atoms with E-state index in [1.807, 2.05) is 165 Å². The largest absolute Gasteiger partial charge is 0.534 e. The van der Waals surface area contributed by atoms with Crippen molar-refractivity contribution in [3.8, 4) is 0 Å². The lowest BCUT2D eigenvalue weighted by atomic mass is 9.49. The van der Waals surface area contributed by atoms with Gasteiger partial charge < -0.3 is 46.3 Å². The van der Waals surface area contributed by atoms with Crippen LogP contribution in [0.4, 0.5) is 36.3 Å². The molecule has 106 heavy (non-hydrogen) atoms. The second-order valence-electron chi connectivity index (χ2n) is 29.4. The lowest BCUT2D eigenvalue weighted by Crippen LogP contribution is -2.41. The number of carbonyl (C=O) groups is 3. The molecule has 22 nitrogen and oxygen atoms in total. The highest BCUT2D eigenvalue weighted by molar-refractivity contribution is 7.87. The number of nitrogens with zero attached hydrogens (tertiary/aromatic N) is 7. The Morgan fingerprint density at radius 1 is 0.509 bits per heavy atom. The second-order valence-corrected chi connectivity index (χ2v) is 32.0. The summed E-state index contributed by atoms with van der Waals surface area (Å²) in [5.41, 5.74) is -5.10. The fraction of sp³-hybridized carbons (Fsp3) is 0.514. The van der Waals surface area contributed by atoms with E-state index in [1.54, 1.807) is 62.1 Å². The minimum atomic E-state index is -5.82. The normalized spacial score (nSPS) is 20.6. The Kier molecular flexibility index (Phi) is 30.4. The third kappa shape index (κ3) is 22.8. The zero-order valence-electron chi connectivity index (χ0n) is 60.8. The van der Waals surface area contributed by atoms with Crippen LogP contribution in [0.5, 0.6) is 0 Å². The number of amides is 3. The number of hydrogen-bond acceptors (Lipinski definition) is 19. The van der Waals surface area contributed by atoms with Crippen molar-refractivity contribution in [3.63, 3.8) is 0 Å². The van der Waals surface area contributed by atoms with E-state index in [9.17, 15) is 44.8 Å². The molecule has 0 bridgehead atoms. The third-order valence-electron chi connectivity index (χ3n) is 17.7. The van der Waals surface area contributed by atoms with Crippen LogP contribution >= 0.6 is 34.8 Å². The molecule has 34 heteroatoms. The maximum absolute atomic E-state index is 14.0. The number of hydrogen-bond donors (Lipinski definition) is 0. The zero-order valence-corrected chi connectivity index (χ0v) is 63.9. The Morgan fingerprint density at radius 3 is 1.23 bits per heavy atom. The van der Waals surface area contributed by atoms with E-state index in [0.29, 0.717) is 17.7 Å². The van der Waals surface area contributed by atoms with E-state index in [4.69, 9.17) is 76.9 Å². The summed E-state index contributed by atoms with van der Waals surface area (Å²) in [6, 6.07) is 26.4. The second kappa shape index (κ2) is 35.2. The van der Waals surface area contributed by atoms with Gasteiger partial charge in [0.15, 0.2) is 16.8 Å². The first-order chi connectivity index (χ1) is 47.4. The van der Waals surface area contributed by atoms with Crippen molar-refractivity contribution >= 4 is 89.9 Å². The Bertz CT molecular complexity index is 3970. The number of halogens is 8. The van der Waals surface area contributed by atoms with E-state index in [2.05, 4.69) is 30.2 Å². The highest BCUT2D eigenvalue weighted by atomic mass is 35.5. The monoisotopic (exact) mass is 1570 g/mol. The fourth-order valence-corrected chi connectivity index (χ4v) is 11.3. The fourth-order valence-electron chi connectivity index (χ4n) is 10.4. The van der Waals surface area contributed by atoms with Gasteiger partial charge in [0.2, 0.25) is 10.6 Å². The van der Waals surface area contributed by atoms with E-state index in [-0.39, 0.29) is 90.8 Å². The first-order valence-corrected chi connectivity index (χ1v) is 35.1. The molecule has 2 aromatic heterocycles. The number of methoxy groups -OCH3 is 1. The van der Waals surface area contributed by atoms with E-state index >= 15 is 0 Å². The Labute approximate surface area is 636 Å². The molecular weight excluding hydrogens is 1470 g/mol. The Hall–Kier alpha value is -6.93. The summed E-state index contributed by atoms with van der Waals surface area (Å²) in [7, 11) is -5.92. The van der Waals surface area contributed by atoms with Crippen molar-refractivity contribution in [2.45, 2.75) is 215 Å². The van der Waals surface area contributed by atoms with Crippen molar-refractivity contribution in [3.05, 3.63) is 183 Å². The lowest BCUT2D eigenvalue weighted by molar-refractivity contribution is -0.0523. The van der Waals surface area contributed by atoms with Crippen LogP contribution in [0, 0.1) is 11.6 Å². The van der Waals surface area contributed by atoms with Gasteiger partial charge in [-0.1, -0.05) is 137 Å². The van der Waals surface area contributed by atoms with Gasteiger partial charge in [-0.15, -0.1) is 0 Å². The molecule has 3 amide bonds. The molecule has 3 aromatic carbocycles. The van der Waals surface area contributed by atoms with Crippen LogP contribution in [0.3, 0.4) is 0 Å². The van der Waals surface area contributed by atoms with Crippen molar-refractivity contribution in [2.24, 2.45) is 0 Å². The summed E-state index contributed by atoms with van der Waals surface area (Å²) in [5.74, 6) is -1.75. The van der Waals surface area contributed by atoms with E-state index in [0.717, 1.165) is 40.0 Å². The van der Waals surface area contributed by atoms with Gasteiger partial charge in [0, 0.05) is 6.54 Å². The van der Waals surface area contributed by atoms with E-state index < -0.39 is 101 Å². The number of rotatable bonds is 8. The SMILES string of the molecule is C.C.C.CC(C)(C)OC(=O)N1CC(B2OC(C)(C)C(C)(C)O2)=C[C@H]1c1ccccc1.CC(C)(C)OC(=O)N1CC(OS(=O)(=O)C(F)(F)F)=C[C@H]1c1ccccc1.CC1(C)OB(B2OC(C)(C)C(C)(C)O2)OC1(C)C.COC(=O)N1CC(c2nc(Cl)ncc2F)=C[C@H]1c1ccccc1.Fc1cnc(Cl)nc1Cl. The van der Waals surface area contributed by atoms with Gasteiger partial charge in [0.05, 0.1) is 84.3 Å². The number of carbonyl (C=O) groups excluding carboxylic acids is 3. The smallest absolute Gasteiger partial charge is 0.453 e.